The summed E-state index contributed by atoms with van der Waals surface area (Å²) in [6, 6.07) is 4.68. The summed E-state index contributed by atoms with van der Waals surface area (Å²) in [7, 11) is 1.53. The molecule has 1 aromatic carbocycles. The highest BCUT2D eigenvalue weighted by Gasteiger charge is 2.26. The Morgan fingerprint density at radius 2 is 1.63 bits per heavy atom. The van der Waals surface area contributed by atoms with Gasteiger partial charge in [-0.25, -0.2) is 9.59 Å². The van der Waals surface area contributed by atoms with E-state index in [1.165, 1.54) is 13.1 Å². The molecule has 0 unspecified atom stereocenters. The summed E-state index contributed by atoms with van der Waals surface area (Å²) in [5, 5.41) is 6.25. The second kappa shape index (κ2) is 11.7. The topological polar surface area (TPSA) is 93.7 Å². The molecular weight excluding hydrogens is 415 g/mol. The van der Waals surface area contributed by atoms with Gasteiger partial charge >= 0.3 is 11.9 Å². The molecule has 0 fully saturated rings. The van der Waals surface area contributed by atoms with Crippen molar-refractivity contribution >= 4 is 58.5 Å². The summed E-state index contributed by atoms with van der Waals surface area (Å²) in [5.74, 6) is -2.08. The Hall–Kier alpha value is -1.90. The Bertz CT molecular complexity index is 720. The fraction of sp³-hybridized carbons (Fsp3) is 0.353. The van der Waals surface area contributed by atoms with Crippen LogP contribution in [0.15, 0.2) is 28.8 Å². The maximum atomic E-state index is 12.2. The molecule has 0 spiro atoms. The smallest absolute Gasteiger partial charge is 0.348 e. The normalized spacial score (nSPS) is 9.96. The maximum absolute atomic E-state index is 12.2. The van der Waals surface area contributed by atoms with Gasteiger partial charge in [-0.2, -0.15) is 0 Å². The van der Waals surface area contributed by atoms with Crippen molar-refractivity contribution in [2.75, 3.05) is 31.3 Å². The van der Waals surface area contributed by atoms with Crippen LogP contribution in [-0.2, 0) is 23.9 Å². The maximum Gasteiger partial charge on any atom is 0.348 e. The van der Waals surface area contributed by atoms with E-state index in [-0.39, 0.29) is 35.5 Å². The molecule has 148 valence electrons. The number of benzene rings is 1. The first-order valence-electron chi connectivity index (χ1n) is 7.97. The van der Waals surface area contributed by atoms with Crippen molar-refractivity contribution in [2.24, 2.45) is 0 Å². The lowest BCUT2D eigenvalue weighted by molar-refractivity contribution is -0.146. The van der Waals surface area contributed by atoms with E-state index in [0.717, 1.165) is 11.8 Å². The van der Waals surface area contributed by atoms with Crippen LogP contribution in [0.2, 0.25) is 10.0 Å². The average Bonchev–Trinajstić information content (AvgIpc) is 2.61. The van der Waals surface area contributed by atoms with Gasteiger partial charge in [0.2, 0.25) is 5.91 Å². The van der Waals surface area contributed by atoms with Gasteiger partial charge in [-0.1, -0.05) is 35.0 Å². The number of amides is 1. The number of carbonyl (C=O) groups excluding carboxylic acids is 3. The zero-order valence-electron chi connectivity index (χ0n) is 15.1. The molecule has 0 aromatic heterocycles. The summed E-state index contributed by atoms with van der Waals surface area (Å²) in [5.41, 5.74) is 0.189. The van der Waals surface area contributed by atoms with Crippen LogP contribution in [0.3, 0.4) is 0 Å². The third-order valence-electron chi connectivity index (χ3n) is 2.96. The Morgan fingerprint density at radius 3 is 2.11 bits per heavy atom. The molecule has 0 aliphatic heterocycles. The Kier molecular flexibility index (Phi) is 10.1. The highest BCUT2D eigenvalue weighted by atomic mass is 35.5. The number of anilines is 1. The molecular formula is C17H20Cl2N2O5S. The van der Waals surface area contributed by atoms with Crippen LogP contribution in [-0.4, -0.2) is 43.9 Å². The third-order valence-corrected chi connectivity index (χ3v) is 4.81. The van der Waals surface area contributed by atoms with Gasteiger partial charge < -0.3 is 20.1 Å². The number of halogens is 2. The standard InChI is InChI=1S/C17H20Cl2N2O5S/c1-4-25-16(23)14(17(24)26-5-2)15(20-3)27-9-13(22)21-10-6-7-11(18)12(19)8-10/h6-8,20H,4-5,9H2,1-3H3,(H,21,22). The minimum Gasteiger partial charge on any atom is -0.462 e. The summed E-state index contributed by atoms with van der Waals surface area (Å²) in [6.45, 7) is 3.44. The van der Waals surface area contributed by atoms with Crippen LogP contribution >= 0.6 is 35.0 Å². The number of nitrogens with one attached hydrogen (secondary N) is 2. The SMILES string of the molecule is CCOC(=O)C(C(=O)OCC)=C(NC)SCC(=O)Nc1ccc(Cl)c(Cl)c1. The second-order valence-electron chi connectivity index (χ2n) is 4.86. The molecule has 1 rings (SSSR count). The van der Waals surface area contributed by atoms with Crippen LogP contribution in [0.25, 0.3) is 0 Å². The van der Waals surface area contributed by atoms with Gasteiger partial charge in [0.05, 0.1) is 34.0 Å². The first-order valence-corrected chi connectivity index (χ1v) is 9.72. The van der Waals surface area contributed by atoms with Gasteiger partial charge in [0.25, 0.3) is 0 Å². The Labute approximate surface area is 171 Å². The molecule has 0 saturated carbocycles. The van der Waals surface area contributed by atoms with E-state index in [1.807, 2.05) is 0 Å². The summed E-state index contributed by atoms with van der Waals surface area (Å²) < 4.78 is 9.80. The molecule has 1 amide bonds. The van der Waals surface area contributed by atoms with Gasteiger partial charge in [0.1, 0.15) is 0 Å². The highest BCUT2D eigenvalue weighted by Crippen LogP contribution is 2.25. The molecule has 0 radical (unpaired) electrons. The van der Waals surface area contributed by atoms with Crippen LogP contribution < -0.4 is 10.6 Å². The van der Waals surface area contributed by atoms with Gasteiger partial charge in [-0.05, 0) is 32.0 Å². The van der Waals surface area contributed by atoms with Crippen molar-refractivity contribution in [3.05, 3.63) is 38.8 Å². The third kappa shape index (κ3) is 7.32. The van der Waals surface area contributed by atoms with Gasteiger partial charge in [0, 0.05) is 12.7 Å². The number of thioether (sulfide) groups is 1. The van der Waals surface area contributed by atoms with E-state index in [1.54, 1.807) is 26.0 Å². The average molecular weight is 435 g/mol. The molecule has 0 heterocycles. The first-order chi connectivity index (χ1) is 12.8. The predicted molar refractivity (Wildman–Crippen MR) is 107 cm³/mol. The van der Waals surface area contributed by atoms with E-state index in [9.17, 15) is 14.4 Å². The second-order valence-corrected chi connectivity index (χ2v) is 6.66. The zero-order chi connectivity index (χ0) is 20.4. The van der Waals surface area contributed by atoms with E-state index < -0.39 is 11.9 Å². The van der Waals surface area contributed by atoms with Crippen LogP contribution in [0.5, 0.6) is 0 Å². The molecule has 10 heteroatoms. The monoisotopic (exact) mass is 434 g/mol. The first kappa shape index (κ1) is 23.1. The number of hydrogen-bond donors (Lipinski definition) is 2. The molecule has 0 bridgehead atoms. The van der Waals surface area contributed by atoms with E-state index in [2.05, 4.69) is 10.6 Å². The van der Waals surface area contributed by atoms with Gasteiger partial charge in [-0.15, -0.1) is 0 Å². The van der Waals surface area contributed by atoms with Crippen molar-refractivity contribution in [3.63, 3.8) is 0 Å². The van der Waals surface area contributed by atoms with Gasteiger partial charge in [-0.3, -0.25) is 4.79 Å². The van der Waals surface area contributed by atoms with E-state index >= 15 is 0 Å². The lowest BCUT2D eigenvalue weighted by Gasteiger charge is -2.13. The lowest BCUT2D eigenvalue weighted by atomic mass is 10.3. The van der Waals surface area contributed by atoms with Crippen molar-refractivity contribution in [1.82, 2.24) is 5.32 Å². The fourth-order valence-electron chi connectivity index (χ4n) is 1.85. The molecule has 0 saturated heterocycles. The molecule has 0 aliphatic rings. The molecule has 1 aromatic rings. The number of esters is 2. The fourth-order valence-corrected chi connectivity index (χ4v) is 2.95. The van der Waals surface area contributed by atoms with Crippen molar-refractivity contribution in [3.8, 4) is 0 Å². The van der Waals surface area contributed by atoms with E-state index in [4.69, 9.17) is 32.7 Å². The van der Waals surface area contributed by atoms with Crippen molar-refractivity contribution < 1.29 is 23.9 Å². The predicted octanol–water partition coefficient (Wildman–Crippen LogP) is 3.22. The molecule has 0 atom stereocenters. The van der Waals surface area contributed by atoms with Gasteiger partial charge in [0.15, 0.2) is 5.57 Å². The summed E-state index contributed by atoms with van der Waals surface area (Å²) in [6.07, 6.45) is 0. The van der Waals surface area contributed by atoms with Crippen LogP contribution in [0.4, 0.5) is 5.69 Å². The number of hydrogen-bond acceptors (Lipinski definition) is 7. The molecule has 2 N–H and O–H groups in total. The number of ether oxygens (including phenoxy) is 2. The summed E-state index contributed by atoms with van der Waals surface area (Å²) in [4.78, 5) is 36.4. The van der Waals surface area contributed by atoms with Crippen LogP contribution in [0, 0.1) is 0 Å². The number of carbonyl (C=O) groups is 3. The van der Waals surface area contributed by atoms with Crippen molar-refractivity contribution in [1.29, 1.82) is 0 Å². The van der Waals surface area contributed by atoms with Crippen LogP contribution in [0.1, 0.15) is 13.8 Å². The Morgan fingerprint density at radius 1 is 1.04 bits per heavy atom. The summed E-state index contributed by atoms with van der Waals surface area (Å²) >= 11 is 12.7. The van der Waals surface area contributed by atoms with Crippen molar-refractivity contribution in [2.45, 2.75) is 13.8 Å². The minimum absolute atomic E-state index is 0.0707. The molecule has 27 heavy (non-hydrogen) atoms. The Balaban J connectivity index is 2.89. The molecule has 0 aliphatic carbocycles. The largest absolute Gasteiger partial charge is 0.462 e. The number of rotatable bonds is 9. The zero-order valence-corrected chi connectivity index (χ0v) is 17.4. The lowest BCUT2D eigenvalue weighted by Crippen LogP contribution is -2.24. The quantitative estimate of drug-likeness (QED) is 0.266. The minimum atomic E-state index is -0.822. The molecule has 7 nitrogen and oxygen atoms in total. The highest BCUT2D eigenvalue weighted by molar-refractivity contribution is 8.03. The van der Waals surface area contributed by atoms with E-state index in [0.29, 0.717) is 15.7 Å².